The Morgan fingerprint density at radius 1 is 1.03 bits per heavy atom. The molecule has 4 rings (SSSR count). The summed E-state index contributed by atoms with van der Waals surface area (Å²) in [6.07, 6.45) is 3.20. The second-order valence-corrected chi connectivity index (χ2v) is 8.39. The molecule has 0 fully saturated rings. The molecule has 0 N–H and O–H groups in total. The number of hydrogen-bond acceptors (Lipinski definition) is 5. The Bertz CT molecular complexity index is 1240. The first kappa shape index (κ1) is 21.9. The summed E-state index contributed by atoms with van der Waals surface area (Å²) in [5, 5.41) is 0.489. The lowest BCUT2D eigenvalue weighted by Gasteiger charge is -2.21. The van der Waals surface area contributed by atoms with Gasteiger partial charge < -0.3 is 18.8 Å². The van der Waals surface area contributed by atoms with Crippen LogP contribution < -0.4 is 14.9 Å². The second-order valence-electron chi connectivity index (χ2n) is 8.39. The number of amides is 1. The number of nitrogens with zero attached hydrogens (tertiary/aromatic N) is 1. The molecule has 3 aromatic rings. The molecular weight excluding hydrogens is 406 g/mol. The normalized spacial score (nSPS) is 15.3. The zero-order valence-corrected chi connectivity index (χ0v) is 19.3. The standard InChI is InChI=1S/C26H29NO5/c1-6-7-8-11-31-19-10-9-17(14-21(19)30-5)23-22-24(28)18-12-15(2)16(3)13-20(18)32-25(22)26(29)27(23)4/h9-10,12-14,23H,6-8,11H2,1-5H3. The number of hydrogen-bond donors (Lipinski definition) is 0. The van der Waals surface area contributed by atoms with Crippen LogP contribution in [0.4, 0.5) is 0 Å². The van der Waals surface area contributed by atoms with Crippen molar-refractivity contribution >= 4 is 16.9 Å². The average molecular weight is 436 g/mol. The number of carbonyl (C=O) groups is 1. The maximum atomic E-state index is 13.5. The van der Waals surface area contributed by atoms with E-state index in [1.807, 2.05) is 44.2 Å². The smallest absolute Gasteiger partial charge is 0.290 e. The topological polar surface area (TPSA) is 69.0 Å². The lowest BCUT2D eigenvalue weighted by Crippen LogP contribution is -2.25. The average Bonchev–Trinajstić information content (AvgIpc) is 3.03. The number of aryl methyl sites for hydroxylation is 2. The van der Waals surface area contributed by atoms with E-state index in [1.54, 1.807) is 19.1 Å². The maximum Gasteiger partial charge on any atom is 0.290 e. The summed E-state index contributed by atoms with van der Waals surface area (Å²) >= 11 is 0. The van der Waals surface area contributed by atoms with Crippen LogP contribution in [0.1, 0.15) is 65.0 Å². The van der Waals surface area contributed by atoms with Crippen molar-refractivity contribution in [3.05, 3.63) is 68.6 Å². The molecule has 0 spiro atoms. The molecule has 1 atom stereocenters. The van der Waals surface area contributed by atoms with Crippen LogP contribution >= 0.6 is 0 Å². The van der Waals surface area contributed by atoms with Gasteiger partial charge in [-0.2, -0.15) is 0 Å². The monoisotopic (exact) mass is 435 g/mol. The van der Waals surface area contributed by atoms with Crippen molar-refractivity contribution in [3.63, 3.8) is 0 Å². The molecule has 1 unspecified atom stereocenters. The molecule has 0 aliphatic carbocycles. The highest BCUT2D eigenvalue weighted by molar-refractivity contribution is 5.99. The molecule has 0 radical (unpaired) electrons. The predicted octanol–water partition coefficient (Wildman–Crippen LogP) is 5.16. The Balaban J connectivity index is 1.79. The van der Waals surface area contributed by atoms with Crippen LogP contribution in [0.25, 0.3) is 11.0 Å². The summed E-state index contributed by atoms with van der Waals surface area (Å²) in [6, 6.07) is 8.66. The van der Waals surface area contributed by atoms with Crippen molar-refractivity contribution in [2.45, 2.75) is 46.1 Å². The van der Waals surface area contributed by atoms with Gasteiger partial charge in [0.05, 0.1) is 30.7 Å². The zero-order valence-electron chi connectivity index (χ0n) is 19.3. The highest BCUT2D eigenvalue weighted by Gasteiger charge is 2.41. The van der Waals surface area contributed by atoms with Gasteiger partial charge in [-0.15, -0.1) is 0 Å². The van der Waals surface area contributed by atoms with E-state index in [4.69, 9.17) is 13.9 Å². The Hall–Kier alpha value is -3.28. The molecule has 0 saturated heterocycles. The Labute approximate surface area is 187 Å². The molecule has 168 valence electrons. The van der Waals surface area contributed by atoms with Crippen molar-refractivity contribution in [2.75, 3.05) is 20.8 Å². The van der Waals surface area contributed by atoms with E-state index < -0.39 is 6.04 Å². The Morgan fingerprint density at radius 3 is 2.50 bits per heavy atom. The third-order valence-electron chi connectivity index (χ3n) is 6.23. The van der Waals surface area contributed by atoms with Crippen LogP contribution in [0.5, 0.6) is 11.5 Å². The van der Waals surface area contributed by atoms with Crippen molar-refractivity contribution in [2.24, 2.45) is 0 Å². The highest BCUT2D eigenvalue weighted by atomic mass is 16.5. The number of carbonyl (C=O) groups excluding carboxylic acids is 1. The van der Waals surface area contributed by atoms with Gasteiger partial charge in [0.2, 0.25) is 5.76 Å². The number of rotatable bonds is 7. The minimum Gasteiger partial charge on any atom is -0.493 e. The zero-order chi connectivity index (χ0) is 23.0. The molecule has 1 aromatic heterocycles. The minimum atomic E-state index is -0.553. The molecule has 1 aliphatic heterocycles. The van der Waals surface area contributed by atoms with Gasteiger partial charge in [-0.3, -0.25) is 9.59 Å². The summed E-state index contributed by atoms with van der Waals surface area (Å²) in [4.78, 5) is 28.0. The third kappa shape index (κ3) is 3.64. The van der Waals surface area contributed by atoms with Crippen LogP contribution in [0.3, 0.4) is 0 Å². The van der Waals surface area contributed by atoms with E-state index in [0.717, 1.165) is 36.0 Å². The lowest BCUT2D eigenvalue weighted by molar-refractivity contribution is 0.0771. The van der Waals surface area contributed by atoms with Gasteiger partial charge in [-0.25, -0.2) is 0 Å². The minimum absolute atomic E-state index is 0.108. The highest BCUT2D eigenvalue weighted by Crippen LogP contribution is 2.40. The van der Waals surface area contributed by atoms with Crippen LogP contribution in [-0.2, 0) is 0 Å². The van der Waals surface area contributed by atoms with Gasteiger partial charge in [0.15, 0.2) is 16.9 Å². The second kappa shape index (κ2) is 8.69. The van der Waals surface area contributed by atoms with E-state index >= 15 is 0 Å². The number of ether oxygens (including phenoxy) is 2. The van der Waals surface area contributed by atoms with Crippen LogP contribution in [0.2, 0.25) is 0 Å². The SMILES string of the molecule is CCCCCOc1ccc(C2c3c(oc4cc(C)c(C)cc4c3=O)C(=O)N2C)cc1OC. The first-order valence-electron chi connectivity index (χ1n) is 11.0. The predicted molar refractivity (Wildman–Crippen MR) is 124 cm³/mol. The van der Waals surface area contributed by atoms with E-state index in [1.165, 1.54) is 0 Å². The van der Waals surface area contributed by atoms with Crippen molar-refractivity contribution in [1.82, 2.24) is 4.90 Å². The van der Waals surface area contributed by atoms with Crippen molar-refractivity contribution < 1.29 is 18.7 Å². The summed E-state index contributed by atoms with van der Waals surface area (Å²) in [7, 11) is 3.27. The molecule has 6 heteroatoms. The van der Waals surface area contributed by atoms with Gasteiger partial charge in [0, 0.05) is 7.05 Å². The van der Waals surface area contributed by atoms with E-state index in [9.17, 15) is 9.59 Å². The number of methoxy groups -OCH3 is 1. The maximum absolute atomic E-state index is 13.5. The molecule has 0 saturated carbocycles. The molecular formula is C26H29NO5. The Morgan fingerprint density at radius 2 is 1.78 bits per heavy atom. The van der Waals surface area contributed by atoms with Gasteiger partial charge in [0.25, 0.3) is 5.91 Å². The van der Waals surface area contributed by atoms with E-state index in [-0.39, 0.29) is 17.1 Å². The number of benzene rings is 2. The molecule has 2 aromatic carbocycles. The molecule has 6 nitrogen and oxygen atoms in total. The Kier molecular flexibility index (Phi) is 5.96. The third-order valence-corrected chi connectivity index (χ3v) is 6.23. The molecule has 1 aliphatic rings. The van der Waals surface area contributed by atoms with Crippen molar-refractivity contribution in [1.29, 1.82) is 0 Å². The quantitative estimate of drug-likeness (QED) is 0.479. The van der Waals surface area contributed by atoms with Gasteiger partial charge >= 0.3 is 0 Å². The molecule has 0 bridgehead atoms. The van der Waals surface area contributed by atoms with Gasteiger partial charge in [-0.05, 0) is 61.2 Å². The van der Waals surface area contributed by atoms with E-state index in [2.05, 4.69) is 6.92 Å². The van der Waals surface area contributed by atoms with Crippen molar-refractivity contribution in [3.8, 4) is 11.5 Å². The molecule has 32 heavy (non-hydrogen) atoms. The van der Waals surface area contributed by atoms with Crippen LogP contribution in [0, 0.1) is 13.8 Å². The van der Waals surface area contributed by atoms with E-state index in [0.29, 0.717) is 34.6 Å². The van der Waals surface area contributed by atoms with Crippen LogP contribution in [-0.4, -0.2) is 31.6 Å². The number of fused-ring (bicyclic) bond motifs is 2. The van der Waals surface area contributed by atoms with Gasteiger partial charge in [0.1, 0.15) is 5.58 Å². The molecule has 2 heterocycles. The first-order valence-corrected chi connectivity index (χ1v) is 11.0. The van der Waals surface area contributed by atoms with Crippen LogP contribution in [0.15, 0.2) is 39.5 Å². The lowest BCUT2D eigenvalue weighted by atomic mass is 9.97. The summed E-state index contributed by atoms with van der Waals surface area (Å²) in [6.45, 7) is 6.68. The summed E-state index contributed by atoms with van der Waals surface area (Å²) in [5.74, 6) is 1.03. The fraction of sp³-hybridized carbons (Fsp3) is 0.385. The summed E-state index contributed by atoms with van der Waals surface area (Å²) < 4.78 is 17.4. The summed E-state index contributed by atoms with van der Waals surface area (Å²) in [5.41, 5.74) is 3.42. The molecule has 1 amide bonds. The number of unbranched alkanes of at least 4 members (excludes halogenated alkanes) is 2. The van der Waals surface area contributed by atoms with Gasteiger partial charge in [-0.1, -0.05) is 25.8 Å². The fourth-order valence-electron chi connectivity index (χ4n) is 4.24. The fourth-order valence-corrected chi connectivity index (χ4v) is 4.24. The first-order chi connectivity index (χ1) is 15.4. The largest absolute Gasteiger partial charge is 0.493 e.